The zero-order chi connectivity index (χ0) is 18.4. The molecule has 5 nitrogen and oxygen atoms in total. The Morgan fingerprint density at radius 3 is 2.78 bits per heavy atom. The molecule has 7 heteroatoms. The molecule has 3 rings (SSSR count). The lowest BCUT2D eigenvalue weighted by molar-refractivity contribution is 0.0536. The molecule has 2 fully saturated rings. The van der Waals surface area contributed by atoms with Gasteiger partial charge in [0.25, 0.3) is 0 Å². The van der Waals surface area contributed by atoms with Crippen LogP contribution in [-0.2, 0) is 14.9 Å². The van der Waals surface area contributed by atoms with Gasteiger partial charge in [-0.25, -0.2) is 4.39 Å². The fourth-order valence-electron chi connectivity index (χ4n) is 3.72. The normalized spacial score (nSPS) is 21.1. The van der Waals surface area contributed by atoms with Gasteiger partial charge in [-0.1, -0.05) is 18.2 Å². The van der Waals surface area contributed by atoms with E-state index in [-0.39, 0.29) is 35.2 Å². The number of guanidine groups is 1. The van der Waals surface area contributed by atoms with Crippen LogP contribution in [0.3, 0.4) is 0 Å². The third kappa shape index (κ3) is 5.77. The monoisotopic (exact) mass is 491 g/mol. The van der Waals surface area contributed by atoms with Crippen molar-refractivity contribution in [2.45, 2.75) is 24.7 Å². The molecule has 1 saturated heterocycles. The number of ether oxygens (including phenoxy) is 2. The predicted octanol–water partition coefficient (Wildman–Crippen LogP) is 3.04. The van der Waals surface area contributed by atoms with Crippen LogP contribution in [-0.4, -0.2) is 64.5 Å². The summed E-state index contributed by atoms with van der Waals surface area (Å²) in [6.45, 7) is 4.69. The largest absolute Gasteiger partial charge is 0.382 e. The van der Waals surface area contributed by atoms with E-state index in [2.05, 4.69) is 15.2 Å². The Morgan fingerprint density at radius 1 is 1.33 bits per heavy atom. The molecule has 0 aromatic heterocycles. The maximum Gasteiger partial charge on any atom is 0.193 e. The van der Waals surface area contributed by atoms with Crippen molar-refractivity contribution in [1.82, 2.24) is 10.2 Å². The van der Waals surface area contributed by atoms with Crippen LogP contribution >= 0.6 is 24.0 Å². The lowest BCUT2D eigenvalue weighted by atomic mass is 9.95. The highest BCUT2D eigenvalue weighted by Crippen LogP contribution is 2.48. The van der Waals surface area contributed by atoms with Crippen LogP contribution in [0.2, 0.25) is 0 Å². The summed E-state index contributed by atoms with van der Waals surface area (Å²) in [5.74, 6) is 1.33. The van der Waals surface area contributed by atoms with Crippen LogP contribution in [0.15, 0.2) is 29.3 Å². The number of halogens is 2. The Hall–Kier alpha value is -0.930. The van der Waals surface area contributed by atoms with Crippen LogP contribution in [0.25, 0.3) is 0 Å². The Balaban J connectivity index is 0.00000261. The Labute approximate surface area is 178 Å². The lowest BCUT2D eigenvalue weighted by Gasteiger charge is -2.25. The fourth-order valence-corrected chi connectivity index (χ4v) is 3.72. The summed E-state index contributed by atoms with van der Waals surface area (Å²) in [6, 6.07) is 7.14. The van der Waals surface area contributed by atoms with Gasteiger partial charge in [0.1, 0.15) is 5.82 Å². The van der Waals surface area contributed by atoms with Crippen molar-refractivity contribution in [3.8, 4) is 0 Å². The van der Waals surface area contributed by atoms with Crippen molar-refractivity contribution in [3.63, 3.8) is 0 Å². The first-order chi connectivity index (χ1) is 12.7. The first-order valence-corrected chi connectivity index (χ1v) is 9.46. The summed E-state index contributed by atoms with van der Waals surface area (Å²) < 4.78 is 24.8. The second-order valence-corrected chi connectivity index (χ2v) is 7.33. The van der Waals surface area contributed by atoms with Crippen LogP contribution in [0, 0.1) is 11.7 Å². The number of hydrogen-bond acceptors (Lipinski definition) is 3. The summed E-state index contributed by atoms with van der Waals surface area (Å²) in [6.07, 6.45) is 3.15. The van der Waals surface area contributed by atoms with Gasteiger partial charge in [-0.15, -0.1) is 24.0 Å². The van der Waals surface area contributed by atoms with E-state index in [1.165, 1.54) is 0 Å². The third-order valence-electron chi connectivity index (χ3n) is 5.47. The lowest BCUT2D eigenvalue weighted by Crippen LogP contribution is -2.43. The maximum absolute atomic E-state index is 14.2. The number of benzene rings is 1. The number of nitrogens with one attached hydrogen (secondary N) is 1. The fraction of sp³-hybridized carbons (Fsp3) is 0.650. The Kier molecular flexibility index (Phi) is 8.75. The number of hydrogen-bond donors (Lipinski definition) is 1. The highest BCUT2D eigenvalue weighted by atomic mass is 127. The summed E-state index contributed by atoms with van der Waals surface area (Å²) >= 11 is 0. The van der Waals surface area contributed by atoms with Crippen molar-refractivity contribution in [2.24, 2.45) is 10.9 Å². The van der Waals surface area contributed by atoms with E-state index in [1.54, 1.807) is 19.2 Å². The van der Waals surface area contributed by atoms with E-state index in [9.17, 15) is 4.39 Å². The van der Waals surface area contributed by atoms with Gasteiger partial charge in [0.2, 0.25) is 0 Å². The Bertz CT molecular complexity index is 625. The Morgan fingerprint density at radius 2 is 2.11 bits per heavy atom. The van der Waals surface area contributed by atoms with Gasteiger partial charge in [0.05, 0.1) is 19.8 Å². The quantitative estimate of drug-likeness (QED) is 0.263. The van der Waals surface area contributed by atoms with Crippen LogP contribution in [0.4, 0.5) is 4.39 Å². The van der Waals surface area contributed by atoms with Crippen molar-refractivity contribution in [3.05, 3.63) is 35.6 Å². The summed E-state index contributed by atoms with van der Waals surface area (Å²) in [7, 11) is 3.50. The molecule has 0 amide bonds. The number of likely N-dealkylation sites (tertiary alicyclic amines) is 1. The molecule has 1 unspecified atom stereocenters. The number of methoxy groups -OCH3 is 1. The van der Waals surface area contributed by atoms with Crippen molar-refractivity contribution < 1.29 is 13.9 Å². The predicted molar refractivity (Wildman–Crippen MR) is 116 cm³/mol. The van der Waals surface area contributed by atoms with E-state index in [0.717, 1.165) is 57.0 Å². The third-order valence-corrected chi connectivity index (χ3v) is 5.47. The standard InChI is InChI=1S/C20H30FN3O2.HI/c1-22-19(24-10-7-16(13-24)14-26-12-11-25-2)23-15-20(8-9-20)17-5-3-4-6-18(17)21;/h3-6,16H,7-15H2,1-2H3,(H,22,23);1H. The zero-order valence-electron chi connectivity index (χ0n) is 16.2. The summed E-state index contributed by atoms with van der Waals surface area (Å²) in [5.41, 5.74) is 0.748. The number of aliphatic imine (C=N–C) groups is 1. The van der Waals surface area contributed by atoms with Gasteiger partial charge in [0.15, 0.2) is 5.96 Å². The topological polar surface area (TPSA) is 46.1 Å². The van der Waals surface area contributed by atoms with Crippen molar-refractivity contribution >= 4 is 29.9 Å². The zero-order valence-corrected chi connectivity index (χ0v) is 18.6. The van der Waals surface area contributed by atoms with E-state index in [4.69, 9.17) is 9.47 Å². The molecule has 1 aliphatic carbocycles. The average Bonchev–Trinajstić information content (AvgIpc) is 3.29. The molecule has 0 spiro atoms. The maximum atomic E-state index is 14.2. The SMILES string of the molecule is CN=C(NCC1(c2ccccc2F)CC1)N1CCC(COCCOC)C1.I. The summed E-state index contributed by atoms with van der Waals surface area (Å²) in [5, 5.41) is 3.49. The highest BCUT2D eigenvalue weighted by molar-refractivity contribution is 14.0. The van der Waals surface area contributed by atoms with Gasteiger partial charge >= 0.3 is 0 Å². The van der Waals surface area contributed by atoms with E-state index in [0.29, 0.717) is 19.1 Å². The van der Waals surface area contributed by atoms with Crippen molar-refractivity contribution in [2.75, 3.05) is 53.6 Å². The van der Waals surface area contributed by atoms with E-state index < -0.39 is 0 Å². The first-order valence-electron chi connectivity index (χ1n) is 9.46. The van der Waals surface area contributed by atoms with Gasteiger partial charge in [-0.05, 0) is 30.9 Å². The summed E-state index contributed by atoms with van der Waals surface area (Å²) in [4.78, 5) is 6.72. The van der Waals surface area contributed by atoms with Gasteiger partial charge in [0, 0.05) is 45.1 Å². The molecule has 0 radical (unpaired) electrons. The molecule has 0 bridgehead atoms. The molecule has 1 aromatic rings. The second-order valence-electron chi connectivity index (χ2n) is 7.33. The molecule has 1 aliphatic heterocycles. The van der Waals surface area contributed by atoms with E-state index >= 15 is 0 Å². The minimum absolute atomic E-state index is 0. The van der Waals surface area contributed by atoms with Crippen molar-refractivity contribution in [1.29, 1.82) is 0 Å². The average molecular weight is 491 g/mol. The van der Waals surface area contributed by atoms with Crippen LogP contribution in [0.1, 0.15) is 24.8 Å². The van der Waals surface area contributed by atoms with Crippen LogP contribution < -0.4 is 5.32 Å². The van der Waals surface area contributed by atoms with Gasteiger partial charge in [-0.2, -0.15) is 0 Å². The molecule has 152 valence electrons. The minimum atomic E-state index is -0.101. The molecule has 1 atom stereocenters. The molecular weight excluding hydrogens is 460 g/mol. The van der Waals surface area contributed by atoms with E-state index in [1.807, 2.05) is 19.2 Å². The molecule has 27 heavy (non-hydrogen) atoms. The molecule has 2 aliphatic rings. The van der Waals surface area contributed by atoms with Gasteiger partial charge in [-0.3, -0.25) is 4.99 Å². The number of nitrogens with zero attached hydrogens (tertiary/aromatic N) is 2. The minimum Gasteiger partial charge on any atom is -0.382 e. The van der Waals surface area contributed by atoms with Gasteiger partial charge < -0.3 is 19.7 Å². The molecule has 1 aromatic carbocycles. The molecular formula is C20H31FIN3O2. The molecule has 1 heterocycles. The number of rotatable bonds is 8. The van der Waals surface area contributed by atoms with Crippen LogP contribution in [0.5, 0.6) is 0 Å². The highest BCUT2D eigenvalue weighted by Gasteiger charge is 2.46. The molecule has 1 saturated carbocycles. The second kappa shape index (κ2) is 10.6. The first kappa shape index (κ1) is 22.4. The molecule has 1 N–H and O–H groups in total. The smallest absolute Gasteiger partial charge is 0.193 e.